The van der Waals surface area contributed by atoms with Crippen LogP contribution in [-0.4, -0.2) is 46.1 Å². The van der Waals surface area contributed by atoms with Crippen molar-refractivity contribution in [2.75, 3.05) is 20.2 Å². The number of hydrogen-bond donors (Lipinski definition) is 2. The summed E-state index contributed by atoms with van der Waals surface area (Å²) in [4.78, 5) is 22.6. The molecule has 0 atom stereocenters. The number of pyridine rings is 1. The molecule has 0 aliphatic carbocycles. The number of aromatic hydroxyl groups is 1. The van der Waals surface area contributed by atoms with Gasteiger partial charge in [-0.05, 0) is 49.1 Å². The predicted molar refractivity (Wildman–Crippen MR) is 132 cm³/mol. The molecule has 0 spiro atoms. The maximum atomic E-state index is 12.9. The first kappa shape index (κ1) is 22.4. The largest absolute Gasteiger partial charge is 0.507 e. The van der Waals surface area contributed by atoms with Gasteiger partial charge in [-0.25, -0.2) is 4.98 Å². The third kappa shape index (κ3) is 4.42. The summed E-state index contributed by atoms with van der Waals surface area (Å²) in [6.07, 6.45) is 12.2. The molecule has 33 heavy (non-hydrogen) atoms. The molecule has 1 amide bonds. The zero-order chi connectivity index (χ0) is 23.4. The number of phenolic OH excluding ortho intramolecular Hbond substituents is 1. The molecule has 6 heteroatoms. The fourth-order valence-electron chi connectivity index (χ4n) is 4.28. The number of likely N-dealkylation sites (tertiary alicyclic amines) is 1. The lowest BCUT2D eigenvalue weighted by molar-refractivity contribution is 0.0790. The van der Waals surface area contributed by atoms with Crippen molar-refractivity contribution in [2.45, 2.75) is 26.2 Å². The van der Waals surface area contributed by atoms with Crippen LogP contribution in [0.2, 0.25) is 0 Å². The maximum absolute atomic E-state index is 12.9. The average molecular weight is 444 g/mol. The third-order valence-electron chi connectivity index (χ3n) is 5.94. The average Bonchev–Trinajstić information content (AvgIpc) is 3.51. The molecule has 1 aliphatic heterocycles. The molecule has 6 nitrogen and oxygen atoms in total. The van der Waals surface area contributed by atoms with Gasteiger partial charge in [0.15, 0.2) is 0 Å². The van der Waals surface area contributed by atoms with Crippen LogP contribution in [0.25, 0.3) is 27.7 Å². The predicted octanol–water partition coefficient (Wildman–Crippen LogP) is 5.68. The minimum absolute atomic E-state index is 0.000477. The number of nitrogens with zero attached hydrogens (tertiary/aromatic N) is 2. The number of aromatic nitrogens is 2. The van der Waals surface area contributed by atoms with Crippen molar-refractivity contribution in [3.05, 3.63) is 78.4 Å². The second kappa shape index (κ2) is 9.77. The van der Waals surface area contributed by atoms with Crippen molar-refractivity contribution in [1.82, 2.24) is 14.9 Å². The number of allylic oxidation sites excluding steroid dienone is 4. The maximum Gasteiger partial charge on any atom is 0.257 e. The van der Waals surface area contributed by atoms with E-state index in [0.717, 1.165) is 71.4 Å². The lowest BCUT2D eigenvalue weighted by Crippen LogP contribution is -2.27. The second-order valence-corrected chi connectivity index (χ2v) is 8.05. The molecule has 0 bridgehead atoms. The molecule has 0 saturated carbocycles. The molecule has 1 saturated heterocycles. The van der Waals surface area contributed by atoms with E-state index in [-0.39, 0.29) is 11.7 Å². The van der Waals surface area contributed by atoms with E-state index < -0.39 is 0 Å². The van der Waals surface area contributed by atoms with E-state index in [4.69, 9.17) is 4.74 Å². The fraction of sp³-hybridized carbons (Fsp3) is 0.259. The number of carbonyl (C=O) groups is 1. The first-order chi connectivity index (χ1) is 16.1. The minimum atomic E-state index is -0.129. The summed E-state index contributed by atoms with van der Waals surface area (Å²) in [6.45, 7) is 7.33. The standard InChI is InChI=1S/C27H29N3O3/c1-4-8-20(25(33-3)9-5-2)23-17-29-26-21(23)15-19(16-28-26)18-10-11-24(31)22(14-18)27(32)30-12-6-7-13-30/h5,8-11,14-17,31H,2,4,6-7,12-13H2,1,3H3,(H,28,29)/b20-8-,25-9+. The highest BCUT2D eigenvalue weighted by Crippen LogP contribution is 2.34. The van der Waals surface area contributed by atoms with Gasteiger partial charge in [0.25, 0.3) is 5.91 Å². The number of amides is 1. The molecule has 3 heterocycles. The van der Waals surface area contributed by atoms with Gasteiger partial charge in [0.1, 0.15) is 17.2 Å². The third-order valence-corrected chi connectivity index (χ3v) is 5.94. The van der Waals surface area contributed by atoms with Crippen LogP contribution < -0.4 is 0 Å². The number of fused-ring (bicyclic) bond motifs is 1. The molecular formula is C27H29N3O3. The van der Waals surface area contributed by atoms with Crippen molar-refractivity contribution in [1.29, 1.82) is 0 Å². The van der Waals surface area contributed by atoms with Crippen molar-refractivity contribution >= 4 is 22.5 Å². The summed E-state index contributed by atoms with van der Waals surface area (Å²) < 4.78 is 5.61. The normalized spacial score (nSPS) is 14.7. The van der Waals surface area contributed by atoms with Gasteiger partial charge in [0.05, 0.1) is 12.7 Å². The second-order valence-electron chi connectivity index (χ2n) is 8.05. The van der Waals surface area contributed by atoms with Crippen LogP contribution in [0.15, 0.2) is 67.2 Å². The number of hydrogen-bond acceptors (Lipinski definition) is 4. The van der Waals surface area contributed by atoms with Crippen LogP contribution in [0.5, 0.6) is 5.75 Å². The van der Waals surface area contributed by atoms with Crippen molar-refractivity contribution in [3.63, 3.8) is 0 Å². The number of H-pyrrole nitrogens is 1. The summed E-state index contributed by atoms with van der Waals surface area (Å²) >= 11 is 0. The molecule has 3 aromatic rings. The number of methoxy groups -OCH3 is 1. The summed E-state index contributed by atoms with van der Waals surface area (Å²) in [5, 5.41) is 11.3. The Morgan fingerprint density at radius 3 is 2.73 bits per heavy atom. The summed E-state index contributed by atoms with van der Waals surface area (Å²) in [5.41, 5.74) is 4.71. The number of benzene rings is 1. The van der Waals surface area contributed by atoms with Crippen LogP contribution in [0.1, 0.15) is 42.1 Å². The summed E-state index contributed by atoms with van der Waals surface area (Å²) in [5.74, 6) is 0.594. The Morgan fingerprint density at radius 2 is 2.03 bits per heavy atom. The van der Waals surface area contributed by atoms with Crippen LogP contribution in [0.3, 0.4) is 0 Å². The van der Waals surface area contributed by atoms with Crippen molar-refractivity contribution in [3.8, 4) is 16.9 Å². The Labute approximate surface area is 193 Å². The zero-order valence-electron chi connectivity index (χ0n) is 19.1. The highest BCUT2D eigenvalue weighted by molar-refractivity contribution is 5.99. The Kier molecular flexibility index (Phi) is 6.63. The molecule has 0 radical (unpaired) electrons. The van der Waals surface area contributed by atoms with Crippen LogP contribution >= 0.6 is 0 Å². The van der Waals surface area contributed by atoms with E-state index in [0.29, 0.717) is 5.56 Å². The topological polar surface area (TPSA) is 78.5 Å². The number of phenols is 1. The van der Waals surface area contributed by atoms with E-state index in [9.17, 15) is 9.90 Å². The van der Waals surface area contributed by atoms with Gasteiger partial charge in [-0.2, -0.15) is 0 Å². The molecule has 0 unspecified atom stereocenters. The van der Waals surface area contributed by atoms with Gasteiger partial charge in [-0.1, -0.05) is 31.7 Å². The highest BCUT2D eigenvalue weighted by atomic mass is 16.5. The number of nitrogens with one attached hydrogen (secondary N) is 1. The van der Waals surface area contributed by atoms with Gasteiger partial charge < -0.3 is 19.7 Å². The quantitative estimate of drug-likeness (QED) is 0.364. The van der Waals surface area contributed by atoms with E-state index >= 15 is 0 Å². The SMILES string of the molecule is C=C/C=C(OC)\C(=C/CC)c1c[nH]c2ncc(-c3ccc(O)c(C(=O)N4CCCC4)c3)cc12. The smallest absolute Gasteiger partial charge is 0.257 e. The number of rotatable bonds is 7. The zero-order valence-corrected chi connectivity index (χ0v) is 19.1. The van der Waals surface area contributed by atoms with E-state index in [2.05, 4.69) is 35.6 Å². The van der Waals surface area contributed by atoms with Gasteiger partial charge >= 0.3 is 0 Å². The Balaban J connectivity index is 1.78. The van der Waals surface area contributed by atoms with Crippen molar-refractivity contribution in [2.24, 2.45) is 0 Å². The molecule has 170 valence electrons. The van der Waals surface area contributed by atoms with E-state index in [1.165, 1.54) is 0 Å². The number of carbonyl (C=O) groups excluding carboxylic acids is 1. The Morgan fingerprint density at radius 1 is 1.24 bits per heavy atom. The molecule has 1 aromatic carbocycles. The molecular weight excluding hydrogens is 414 g/mol. The molecule has 2 N–H and O–H groups in total. The molecule has 1 fully saturated rings. The van der Waals surface area contributed by atoms with Gasteiger partial charge in [0.2, 0.25) is 0 Å². The summed E-state index contributed by atoms with van der Waals surface area (Å²) in [6, 6.07) is 7.20. The van der Waals surface area contributed by atoms with Gasteiger partial charge in [-0.15, -0.1) is 0 Å². The van der Waals surface area contributed by atoms with E-state index in [1.807, 2.05) is 18.3 Å². The van der Waals surface area contributed by atoms with Crippen LogP contribution in [-0.2, 0) is 4.74 Å². The number of aromatic amines is 1. The fourth-order valence-corrected chi connectivity index (χ4v) is 4.28. The Hall–Kier alpha value is -3.80. The summed E-state index contributed by atoms with van der Waals surface area (Å²) in [7, 11) is 1.65. The van der Waals surface area contributed by atoms with Crippen LogP contribution in [0.4, 0.5) is 0 Å². The highest BCUT2D eigenvalue weighted by Gasteiger charge is 2.23. The van der Waals surface area contributed by atoms with Gasteiger partial charge in [0, 0.05) is 47.6 Å². The monoisotopic (exact) mass is 443 g/mol. The molecule has 4 rings (SSSR count). The lowest BCUT2D eigenvalue weighted by atomic mass is 9.99. The minimum Gasteiger partial charge on any atom is -0.507 e. The Bertz CT molecular complexity index is 1250. The lowest BCUT2D eigenvalue weighted by Gasteiger charge is -2.16. The number of ether oxygens (including phenoxy) is 1. The first-order valence-corrected chi connectivity index (χ1v) is 11.2. The van der Waals surface area contributed by atoms with E-state index in [1.54, 1.807) is 36.4 Å². The molecule has 2 aromatic heterocycles. The van der Waals surface area contributed by atoms with Gasteiger partial charge in [-0.3, -0.25) is 4.79 Å². The van der Waals surface area contributed by atoms with Crippen LogP contribution in [0, 0.1) is 0 Å². The van der Waals surface area contributed by atoms with Crippen molar-refractivity contribution < 1.29 is 14.6 Å². The molecule has 1 aliphatic rings. The first-order valence-electron chi connectivity index (χ1n) is 11.2.